The van der Waals surface area contributed by atoms with E-state index in [0.29, 0.717) is 30.1 Å². The molecule has 1 amide bonds. The first-order chi connectivity index (χ1) is 16.5. The van der Waals surface area contributed by atoms with Crippen LogP contribution < -0.4 is 4.74 Å². The monoisotopic (exact) mass is 461 g/mol. The molecule has 1 saturated heterocycles. The lowest BCUT2D eigenvalue weighted by Crippen LogP contribution is -2.31. The van der Waals surface area contributed by atoms with Crippen LogP contribution in [0.1, 0.15) is 23.6 Å². The average Bonchev–Trinajstić information content (AvgIpc) is 3.10. The molecular formula is C27H24FNO5. The molecule has 3 aromatic rings. The normalized spacial score (nSPS) is 17.2. The van der Waals surface area contributed by atoms with E-state index in [9.17, 15) is 19.1 Å². The topological polar surface area (TPSA) is 76.1 Å². The SMILES string of the molecule is COCCCN1C(=O)C(=O)C(=C(O)c2ccc(F)cc2)[C@H]1c1cccc(Oc2ccccc2)c1. The quantitative estimate of drug-likeness (QED) is 0.219. The molecule has 6 nitrogen and oxygen atoms in total. The van der Waals surface area contributed by atoms with Crippen molar-refractivity contribution < 1.29 is 28.6 Å². The van der Waals surface area contributed by atoms with Gasteiger partial charge in [0.25, 0.3) is 11.7 Å². The van der Waals surface area contributed by atoms with Crippen LogP contribution in [-0.4, -0.2) is 42.0 Å². The van der Waals surface area contributed by atoms with Crippen LogP contribution in [0.4, 0.5) is 4.39 Å². The van der Waals surface area contributed by atoms with Crippen molar-refractivity contribution in [1.82, 2.24) is 4.90 Å². The predicted octanol–water partition coefficient (Wildman–Crippen LogP) is 5.08. The van der Waals surface area contributed by atoms with Gasteiger partial charge in [0, 0.05) is 25.8 Å². The Bertz CT molecular complexity index is 1210. The van der Waals surface area contributed by atoms with Gasteiger partial charge in [-0.1, -0.05) is 30.3 Å². The molecule has 1 N–H and O–H groups in total. The number of amides is 1. The number of aliphatic hydroxyl groups is 1. The molecule has 7 heteroatoms. The molecule has 0 unspecified atom stereocenters. The zero-order valence-electron chi connectivity index (χ0n) is 18.6. The van der Waals surface area contributed by atoms with Crippen LogP contribution in [0.2, 0.25) is 0 Å². The molecule has 1 atom stereocenters. The van der Waals surface area contributed by atoms with E-state index < -0.39 is 23.5 Å². The first-order valence-electron chi connectivity index (χ1n) is 10.9. The molecule has 34 heavy (non-hydrogen) atoms. The van der Waals surface area contributed by atoms with E-state index in [4.69, 9.17) is 9.47 Å². The standard InChI is InChI=1S/C27H24FNO5/c1-33-16-6-15-29-24(19-7-5-10-22(17-19)34-21-8-3-2-4-9-21)23(26(31)27(29)32)25(30)18-11-13-20(28)14-12-18/h2-5,7-14,17,24,30H,6,15-16H2,1H3/t24-/m1/s1. The number of likely N-dealkylation sites (tertiary alicyclic amines) is 1. The van der Waals surface area contributed by atoms with E-state index in [1.54, 1.807) is 31.4 Å². The summed E-state index contributed by atoms with van der Waals surface area (Å²) in [5, 5.41) is 11.0. The molecule has 0 radical (unpaired) electrons. The molecule has 0 spiro atoms. The van der Waals surface area contributed by atoms with Gasteiger partial charge in [0.15, 0.2) is 0 Å². The third kappa shape index (κ3) is 4.84. The third-order valence-electron chi connectivity index (χ3n) is 5.56. The second-order valence-electron chi connectivity index (χ2n) is 7.83. The maximum atomic E-state index is 13.4. The van der Waals surface area contributed by atoms with Gasteiger partial charge < -0.3 is 19.5 Å². The molecular weight excluding hydrogens is 437 g/mol. The van der Waals surface area contributed by atoms with Crippen LogP contribution in [-0.2, 0) is 14.3 Å². The highest BCUT2D eigenvalue weighted by Gasteiger charge is 2.45. The number of hydrogen-bond acceptors (Lipinski definition) is 5. The zero-order valence-corrected chi connectivity index (χ0v) is 18.6. The lowest BCUT2D eigenvalue weighted by Gasteiger charge is -2.25. The van der Waals surface area contributed by atoms with Crippen molar-refractivity contribution in [2.45, 2.75) is 12.5 Å². The number of carbonyl (C=O) groups is 2. The average molecular weight is 461 g/mol. The molecule has 0 saturated carbocycles. The Morgan fingerprint density at radius 3 is 2.38 bits per heavy atom. The highest BCUT2D eigenvalue weighted by atomic mass is 19.1. The summed E-state index contributed by atoms with van der Waals surface area (Å²) in [7, 11) is 1.56. The first-order valence-corrected chi connectivity index (χ1v) is 10.9. The summed E-state index contributed by atoms with van der Waals surface area (Å²) in [6, 6.07) is 20.6. The Morgan fingerprint density at radius 1 is 0.971 bits per heavy atom. The van der Waals surface area contributed by atoms with Gasteiger partial charge in [-0.2, -0.15) is 0 Å². The van der Waals surface area contributed by atoms with Gasteiger partial charge in [0.2, 0.25) is 0 Å². The summed E-state index contributed by atoms with van der Waals surface area (Å²) in [5.74, 6) is -1.17. The van der Waals surface area contributed by atoms with Gasteiger partial charge in [-0.25, -0.2) is 4.39 Å². The van der Waals surface area contributed by atoms with Crippen molar-refractivity contribution in [3.05, 3.63) is 101 Å². The molecule has 3 aromatic carbocycles. The largest absolute Gasteiger partial charge is 0.507 e. The fraction of sp³-hybridized carbons (Fsp3) is 0.185. The molecule has 1 fully saturated rings. The van der Waals surface area contributed by atoms with Crippen LogP contribution in [0.5, 0.6) is 11.5 Å². The van der Waals surface area contributed by atoms with Crippen LogP contribution in [0.3, 0.4) is 0 Å². The van der Waals surface area contributed by atoms with Crippen LogP contribution in [0.25, 0.3) is 5.76 Å². The smallest absolute Gasteiger partial charge is 0.295 e. The maximum absolute atomic E-state index is 13.4. The van der Waals surface area contributed by atoms with Gasteiger partial charge in [0.05, 0.1) is 11.6 Å². The molecule has 1 aliphatic heterocycles. The Hall–Kier alpha value is -3.97. The van der Waals surface area contributed by atoms with Crippen molar-refractivity contribution >= 4 is 17.4 Å². The summed E-state index contributed by atoms with van der Waals surface area (Å²) in [4.78, 5) is 27.4. The van der Waals surface area contributed by atoms with Crippen LogP contribution in [0.15, 0.2) is 84.4 Å². The number of benzene rings is 3. The van der Waals surface area contributed by atoms with Crippen molar-refractivity contribution in [1.29, 1.82) is 0 Å². The summed E-state index contributed by atoms with van der Waals surface area (Å²) in [6.45, 7) is 0.665. The second kappa shape index (κ2) is 10.3. The van der Waals surface area contributed by atoms with Crippen molar-refractivity contribution in [2.24, 2.45) is 0 Å². The molecule has 1 aliphatic rings. The highest BCUT2D eigenvalue weighted by molar-refractivity contribution is 6.46. The Labute approximate surface area is 196 Å². The summed E-state index contributed by atoms with van der Waals surface area (Å²) in [5.41, 5.74) is 0.803. The van der Waals surface area contributed by atoms with Gasteiger partial charge in [0.1, 0.15) is 23.1 Å². The van der Waals surface area contributed by atoms with E-state index in [1.165, 1.54) is 29.2 Å². The molecule has 174 valence electrons. The van der Waals surface area contributed by atoms with Gasteiger partial charge >= 0.3 is 0 Å². The number of ketones is 1. The van der Waals surface area contributed by atoms with Crippen molar-refractivity contribution in [2.75, 3.05) is 20.3 Å². The minimum atomic E-state index is -0.832. The number of ether oxygens (including phenoxy) is 2. The maximum Gasteiger partial charge on any atom is 0.295 e. The van der Waals surface area contributed by atoms with Crippen LogP contribution >= 0.6 is 0 Å². The van der Waals surface area contributed by atoms with Gasteiger partial charge in [-0.05, 0) is 60.5 Å². The highest BCUT2D eigenvalue weighted by Crippen LogP contribution is 2.40. The summed E-state index contributed by atoms with van der Waals surface area (Å²) < 4.78 is 24.4. The molecule has 0 aliphatic carbocycles. The summed E-state index contributed by atoms with van der Waals surface area (Å²) >= 11 is 0. The molecule has 0 aromatic heterocycles. The van der Waals surface area contributed by atoms with Crippen molar-refractivity contribution in [3.63, 3.8) is 0 Å². The van der Waals surface area contributed by atoms with E-state index in [1.807, 2.05) is 30.3 Å². The minimum absolute atomic E-state index is 0.0501. The number of para-hydroxylation sites is 1. The van der Waals surface area contributed by atoms with E-state index in [2.05, 4.69) is 0 Å². The number of Topliss-reactive ketones (excluding diaryl/α,β-unsaturated/α-hetero) is 1. The predicted molar refractivity (Wildman–Crippen MR) is 125 cm³/mol. The zero-order chi connectivity index (χ0) is 24.1. The van der Waals surface area contributed by atoms with Crippen LogP contribution in [0, 0.1) is 5.82 Å². The van der Waals surface area contributed by atoms with E-state index >= 15 is 0 Å². The van der Waals surface area contributed by atoms with Gasteiger partial charge in [-0.3, -0.25) is 9.59 Å². The third-order valence-corrected chi connectivity index (χ3v) is 5.56. The number of rotatable bonds is 8. The Morgan fingerprint density at radius 2 is 1.68 bits per heavy atom. The molecule has 4 rings (SSSR count). The number of aliphatic hydroxyl groups excluding tert-OH is 1. The number of halogens is 1. The first kappa shape index (κ1) is 23.2. The van der Waals surface area contributed by atoms with Gasteiger partial charge in [-0.15, -0.1) is 0 Å². The lowest BCUT2D eigenvalue weighted by molar-refractivity contribution is -0.140. The Balaban J connectivity index is 1.78. The van der Waals surface area contributed by atoms with E-state index in [0.717, 1.165) is 0 Å². The number of nitrogens with zero attached hydrogens (tertiary/aromatic N) is 1. The molecule has 1 heterocycles. The number of hydrogen-bond donors (Lipinski definition) is 1. The molecule has 0 bridgehead atoms. The number of methoxy groups -OCH3 is 1. The fourth-order valence-electron chi connectivity index (χ4n) is 3.97. The number of carbonyl (C=O) groups excluding carboxylic acids is 2. The lowest BCUT2D eigenvalue weighted by atomic mass is 9.95. The minimum Gasteiger partial charge on any atom is -0.507 e. The van der Waals surface area contributed by atoms with E-state index in [-0.39, 0.29) is 23.4 Å². The second-order valence-corrected chi connectivity index (χ2v) is 7.83. The fourth-order valence-corrected chi connectivity index (χ4v) is 3.97. The Kier molecular flexibility index (Phi) is 7.04. The van der Waals surface area contributed by atoms with Crippen molar-refractivity contribution in [3.8, 4) is 11.5 Å². The summed E-state index contributed by atoms with van der Waals surface area (Å²) in [6.07, 6.45) is 0.511.